The van der Waals surface area contributed by atoms with Gasteiger partial charge in [0, 0.05) is 49.6 Å². The zero-order valence-electron chi connectivity index (χ0n) is 16.7. The molecule has 0 radical (unpaired) electrons. The summed E-state index contributed by atoms with van der Waals surface area (Å²) in [5, 5.41) is 17.3. The van der Waals surface area contributed by atoms with Crippen LogP contribution in [-0.4, -0.2) is 48.0 Å². The molecule has 2 aromatic carbocycles. The Morgan fingerprint density at radius 2 is 1.81 bits per heavy atom. The van der Waals surface area contributed by atoms with Gasteiger partial charge in [0.05, 0.1) is 15.6 Å². The number of rotatable bonds is 4. The van der Waals surface area contributed by atoms with E-state index in [9.17, 15) is 19.7 Å². The van der Waals surface area contributed by atoms with Gasteiger partial charge in [-0.25, -0.2) is 0 Å². The fraction of sp³-hybridized carbons (Fsp3) is 0.190. The van der Waals surface area contributed by atoms with Crippen LogP contribution in [0.5, 0.6) is 0 Å². The number of thiocarbonyl (C=S) groups is 1. The standard InChI is InChI=1S/C21H18ClN5O4S/c22-16-3-1-2-4-18(16)26-20(29)15(19(28)24-21(26)32)12-13-11-14(27(30)31)5-6-17(13)25-9-7-23-8-10-25/h1-6,11-12,23H,7-10H2,(H,24,28,32)/b15-12-. The lowest BCUT2D eigenvalue weighted by Crippen LogP contribution is -2.54. The number of para-hydroxylation sites is 1. The maximum Gasteiger partial charge on any atom is 0.270 e. The molecule has 32 heavy (non-hydrogen) atoms. The van der Waals surface area contributed by atoms with Gasteiger partial charge in [-0.1, -0.05) is 23.7 Å². The van der Waals surface area contributed by atoms with Gasteiger partial charge in [-0.2, -0.15) is 0 Å². The first-order valence-electron chi connectivity index (χ1n) is 9.77. The van der Waals surface area contributed by atoms with Crippen molar-refractivity contribution in [3.8, 4) is 0 Å². The van der Waals surface area contributed by atoms with Gasteiger partial charge < -0.3 is 10.2 Å². The molecule has 164 valence electrons. The fourth-order valence-corrected chi connectivity index (χ4v) is 4.12. The lowest BCUT2D eigenvalue weighted by atomic mass is 10.0. The Morgan fingerprint density at radius 3 is 2.50 bits per heavy atom. The van der Waals surface area contributed by atoms with Crippen molar-refractivity contribution in [2.24, 2.45) is 0 Å². The van der Waals surface area contributed by atoms with Crippen molar-refractivity contribution in [2.45, 2.75) is 0 Å². The third-order valence-electron chi connectivity index (χ3n) is 5.17. The Balaban J connectivity index is 1.80. The number of halogens is 1. The summed E-state index contributed by atoms with van der Waals surface area (Å²) in [7, 11) is 0. The summed E-state index contributed by atoms with van der Waals surface area (Å²) >= 11 is 11.4. The molecule has 2 N–H and O–H groups in total. The molecule has 0 aromatic heterocycles. The van der Waals surface area contributed by atoms with Crippen LogP contribution in [0.2, 0.25) is 5.02 Å². The number of non-ortho nitro benzene ring substituents is 1. The average Bonchev–Trinajstić information content (AvgIpc) is 2.78. The Labute approximate surface area is 193 Å². The molecule has 9 nitrogen and oxygen atoms in total. The van der Waals surface area contributed by atoms with Gasteiger partial charge in [0.2, 0.25) is 0 Å². The normalized spacial score (nSPS) is 18.2. The van der Waals surface area contributed by atoms with Crippen LogP contribution in [0.4, 0.5) is 17.1 Å². The first-order valence-corrected chi connectivity index (χ1v) is 10.6. The molecule has 2 aliphatic rings. The van der Waals surface area contributed by atoms with Crippen LogP contribution in [0.25, 0.3) is 6.08 Å². The first-order chi connectivity index (χ1) is 15.4. The van der Waals surface area contributed by atoms with Crippen LogP contribution in [0.1, 0.15) is 5.56 Å². The largest absolute Gasteiger partial charge is 0.368 e. The fourth-order valence-electron chi connectivity index (χ4n) is 3.63. The molecule has 2 amide bonds. The molecule has 2 heterocycles. The minimum Gasteiger partial charge on any atom is -0.368 e. The molecule has 2 aliphatic heterocycles. The summed E-state index contributed by atoms with van der Waals surface area (Å²) in [6, 6.07) is 11.0. The molecule has 0 saturated carbocycles. The summed E-state index contributed by atoms with van der Waals surface area (Å²) in [5.41, 5.74) is 1.08. The van der Waals surface area contributed by atoms with E-state index in [2.05, 4.69) is 10.6 Å². The van der Waals surface area contributed by atoms with Crippen LogP contribution >= 0.6 is 23.8 Å². The van der Waals surface area contributed by atoms with E-state index in [0.717, 1.165) is 18.0 Å². The highest BCUT2D eigenvalue weighted by Gasteiger charge is 2.35. The van der Waals surface area contributed by atoms with Crippen LogP contribution in [0.15, 0.2) is 48.0 Å². The van der Waals surface area contributed by atoms with Crippen molar-refractivity contribution in [1.82, 2.24) is 10.6 Å². The predicted octanol–water partition coefficient (Wildman–Crippen LogP) is 2.49. The van der Waals surface area contributed by atoms with Gasteiger partial charge in [0.15, 0.2) is 5.11 Å². The Morgan fingerprint density at radius 1 is 1.09 bits per heavy atom. The van der Waals surface area contributed by atoms with Crippen molar-refractivity contribution in [2.75, 3.05) is 36.0 Å². The molecule has 2 aromatic rings. The van der Waals surface area contributed by atoms with Crippen LogP contribution in [0.3, 0.4) is 0 Å². The molecular formula is C21H18ClN5O4S. The molecule has 0 aliphatic carbocycles. The van der Waals surface area contributed by atoms with Crippen LogP contribution in [-0.2, 0) is 9.59 Å². The number of amides is 2. The second-order valence-corrected chi connectivity index (χ2v) is 7.94. The number of carbonyl (C=O) groups excluding carboxylic acids is 2. The topological polar surface area (TPSA) is 108 Å². The van der Waals surface area contributed by atoms with E-state index in [1.165, 1.54) is 18.2 Å². The minimum absolute atomic E-state index is 0.0911. The van der Waals surface area contributed by atoms with Crippen LogP contribution in [0, 0.1) is 10.1 Å². The number of nitrogens with one attached hydrogen (secondary N) is 2. The maximum atomic E-state index is 13.3. The summed E-state index contributed by atoms with van der Waals surface area (Å²) in [4.78, 5) is 40.0. The van der Waals surface area contributed by atoms with Crippen molar-refractivity contribution >= 4 is 63.9 Å². The molecule has 2 fully saturated rings. The number of benzene rings is 2. The third-order valence-corrected chi connectivity index (χ3v) is 5.78. The number of piperazine rings is 1. The monoisotopic (exact) mass is 471 g/mol. The van der Waals surface area contributed by atoms with Gasteiger partial charge in [-0.05, 0) is 36.5 Å². The molecular weight excluding hydrogens is 454 g/mol. The number of carbonyl (C=O) groups is 2. The number of hydrogen-bond donors (Lipinski definition) is 2. The minimum atomic E-state index is -0.680. The SMILES string of the molecule is O=C1NC(=S)N(c2ccccc2Cl)C(=O)/C1=C\c1cc([N+](=O)[O-])ccc1N1CCNCC1. The quantitative estimate of drug-likeness (QED) is 0.232. The van der Waals surface area contributed by atoms with Crippen molar-refractivity contribution in [3.63, 3.8) is 0 Å². The summed E-state index contributed by atoms with van der Waals surface area (Å²) in [5.74, 6) is -1.34. The van der Waals surface area contributed by atoms with Gasteiger partial charge in [-0.15, -0.1) is 0 Å². The summed E-state index contributed by atoms with van der Waals surface area (Å²) in [6.45, 7) is 2.87. The highest BCUT2D eigenvalue weighted by Crippen LogP contribution is 2.31. The summed E-state index contributed by atoms with van der Waals surface area (Å²) < 4.78 is 0. The highest BCUT2D eigenvalue weighted by molar-refractivity contribution is 7.80. The van der Waals surface area contributed by atoms with E-state index in [-0.39, 0.29) is 21.4 Å². The van der Waals surface area contributed by atoms with Gasteiger partial charge in [0.25, 0.3) is 17.5 Å². The van der Waals surface area contributed by atoms with Crippen molar-refractivity contribution in [1.29, 1.82) is 0 Å². The van der Waals surface area contributed by atoms with E-state index in [0.29, 0.717) is 30.0 Å². The third kappa shape index (κ3) is 4.20. The smallest absolute Gasteiger partial charge is 0.270 e. The number of nitrogens with zero attached hydrogens (tertiary/aromatic N) is 3. The first kappa shape index (κ1) is 21.9. The Bertz CT molecular complexity index is 1160. The molecule has 2 saturated heterocycles. The molecule has 0 atom stereocenters. The second-order valence-electron chi connectivity index (χ2n) is 7.15. The van der Waals surface area contributed by atoms with E-state index in [4.69, 9.17) is 23.8 Å². The number of hydrogen-bond acceptors (Lipinski definition) is 7. The number of nitro benzene ring substituents is 1. The van der Waals surface area contributed by atoms with Gasteiger partial charge >= 0.3 is 0 Å². The summed E-state index contributed by atoms with van der Waals surface area (Å²) in [6.07, 6.45) is 1.37. The zero-order valence-corrected chi connectivity index (χ0v) is 18.3. The van der Waals surface area contributed by atoms with E-state index in [1.54, 1.807) is 30.3 Å². The lowest BCUT2D eigenvalue weighted by molar-refractivity contribution is -0.384. The molecule has 4 rings (SSSR count). The number of anilines is 2. The van der Waals surface area contributed by atoms with Crippen molar-refractivity contribution < 1.29 is 14.5 Å². The molecule has 0 spiro atoms. The molecule has 0 bridgehead atoms. The Kier molecular flexibility index (Phi) is 6.17. The molecule has 0 unspecified atom stereocenters. The lowest BCUT2D eigenvalue weighted by Gasteiger charge is -2.31. The Hall–Kier alpha value is -3.34. The van der Waals surface area contributed by atoms with Crippen LogP contribution < -0.4 is 20.4 Å². The molecule has 11 heteroatoms. The average molecular weight is 472 g/mol. The second kappa shape index (κ2) is 9.03. The van der Waals surface area contributed by atoms with E-state index in [1.807, 2.05) is 4.90 Å². The maximum absolute atomic E-state index is 13.3. The highest BCUT2D eigenvalue weighted by atomic mass is 35.5. The zero-order chi connectivity index (χ0) is 22.8. The van der Waals surface area contributed by atoms with E-state index < -0.39 is 16.7 Å². The van der Waals surface area contributed by atoms with Gasteiger partial charge in [-0.3, -0.25) is 29.9 Å². The number of nitro groups is 1. The predicted molar refractivity (Wildman–Crippen MR) is 126 cm³/mol. The van der Waals surface area contributed by atoms with Crippen molar-refractivity contribution in [3.05, 3.63) is 68.7 Å². The van der Waals surface area contributed by atoms with E-state index >= 15 is 0 Å². The van der Waals surface area contributed by atoms with Gasteiger partial charge in [0.1, 0.15) is 5.57 Å².